The molecule has 0 aliphatic rings. The molecule has 0 spiro atoms. The van der Waals surface area contributed by atoms with Gasteiger partial charge in [-0.15, -0.1) is 68.0 Å². The van der Waals surface area contributed by atoms with Gasteiger partial charge in [-0.25, -0.2) is 0 Å². The molecule has 32 heavy (non-hydrogen) atoms. The zero-order chi connectivity index (χ0) is 21.7. The fourth-order valence-electron chi connectivity index (χ4n) is 4.81. The van der Waals surface area contributed by atoms with Crippen LogP contribution in [0.4, 0.5) is 0 Å². The van der Waals surface area contributed by atoms with Gasteiger partial charge in [0.25, 0.3) is 0 Å². The first-order chi connectivity index (χ1) is 15.5. The summed E-state index contributed by atoms with van der Waals surface area (Å²) >= 11 is 11.7. The Bertz CT molecular complexity index is 1660. The Morgan fingerprint density at radius 3 is 1.28 bits per heavy atom. The van der Waals surface area contributed by atoms with E-state index in [0.29, 0.717) is 0 Å². The average molecular weight is 523 g/mol. The molecular weight excluding hydrogens is 505 g/mol. The van der Waals surface area contributed by atoms with Crippen molar-refractivity contribution in [2.45, 2.75) is 27.7 Å². The quantitative estimate of drug-likeness (QED) is 0.212. The van der Waals surface area contributed by atoms with Crippen molar-refractivity contribution >= 4 is 107 Å². The molecular formula is C26H18S6. The molecule has 0 fully saturated rings. The third-order valence-electron chi connectivity index (χ3n) is 6.42. The molecule has 7 aromatic rings. The van der Waals surface area contributed by atoms with Crippen molar-refractivity contribution in [3.05, 3.63) is 57.3 Å². The van der Waals surface area contributed by atoms with Gasteiger partial charge in [-0.2, -0.15) is 0 Å². The molecule has 0 nitrogen and oxygen atoms in total. The zero-order valence-corrected chi connectivity index (χ0v) is 22.8. The monoisotopic (exact) mass is 522 g/mol. The Morgan fingerprint density at radius 2 is 0.906 bits per heavy atom. The first-order valence-electron chi connectivity index (χ1n) is 10.4. The van der Waals surface area contributed by atoms with Crippen LogP contribution in [0.2, 0.25) is 0 Å². The normalized spacial score (nSPS) is 12.4. The lowest BCUT2D eigenvalue weighted by Gasteiger charge is -2.05. The fourth-order valence-corrected chi connectivity index (χ4v) is 12.5. The third-order valence-corrected chi connectivity index (χ3v) is 14.3. The lowest BCUT2D eigenvalue weighted by atomic mass is 10.0. The minimum absolute atomic E-state index is 1.40. The fraction of sp³-hybridized carbons (Fsp3) is 0.154. The second-order valence-corrected chi connectivity index (χ2v) is 14.2. The van der Waals surface area contributed by atoms with Crippen molar-refractivity contribution in [2.75, 3.05) is 0 Å². The van der Waals surface area contributed by atoms with E-state index in [4.69, 9.17) is 0 Å². The van der Waals surface area contributed by atoms with Gasteiger partial charge in [-0.1, -0.05) is 12.1 Å². The molecule has 0 radical (unpaired) electrons. The van der Waals surface area contributed by atoms with E-state index < -0.39 is 0 Å². The van der Waals surface area contributed by atoms with Crippen molar-refractivity contribution in [1.29, 1.82) is 0 Å². The summed E-state index contributed by atoms with van der Waals surface area (Å²) in [7, 11) is 0. The van der Waals surface area contributed by atoms with E-state index in [2.05, 4.69) is 62.7 Å². The van der Waals surface area contributed by atoms with Crippen LogP contribution < -0.4 is 0 Å². The molecule has 0 saturated heterocycles. The van der Waals surface area contributed by atoms with Crippen molar-refractivity contribution in [1.82, 2.24) is 0 Å². The number of aryl methyl sites for hydroxylation is 4. The molecule has 0 saturated carbocycles. The van der Waals surface area contributed by atoms with Crippen LogP contribution in [0.5, 0.6) is 0 Å². The standard InChI is InChI=1S/C26H18S6/c1-11-17-22(32-23-13(3)19(29-25(17)23)15-7-5-9-27-15)12(2)18-21(11)31-24-14(4)20(30-26(18)24)16-8-6-10-28-16/h5-10H,1-4H3. The molecule has 0 aliphatic carbocycles. The topological polar surface area (TPSA) is 0 Å². The maximum absolute atomic E-state index is 2.35. The highest BCUT2D eigenvalue weighted by molar-refractivity contribution is 7.37. The Hall–Kier alpha value is -1.54. The van der Waals surface area contributed by atoms with E-state index in [1.165, 1.54) is 80.7 Å². The second kappa shape index (κ2) is 6.98. The Morgan fingerprint density at radius 1 is 0.469 bits per heavy atom. The van der Waals surface area contributed by atoms with Crippen molar-refractivity contribution < 1.29 is 0 Å². The van der Waals surface area contributed by atoms with Crippen LogP contribution in [-0.4, -0.2) is 0 Å². The number of fused-ring (bicyclic) bond motifs is 6. The van der Waals surface area contributed by atoms with Gasteiger partial charge < -0.3 is 0 Å². The molecule has 0 atom stereocenters. The molecule has 0 bridgehead atoms. The van der Waals surface area contributed by atoms with E-state index in [9.17, 15) is 0 Å². The van der Waals surface area contributed by atoms with Gasteiger partial charge >= 0.3 is 0 Å². The smallest absolute Gasteiger partial charge is 0.0542 e. The van der Waals surface area contributed by atoms with Crippen LogP contribution in [0, 0.1) is 27.7 Å². The average Bonchev–Trinajstić information content (AvgIpc) is 3.58. The molecule has 0 aliphatic heterocycles. The highest BCUT2D eigenvalue weighted by Gasteiger charge is 2.24. The zero-order valence-electron chi connectivity index (χ0n) is 17.9. The number of hydrogen-bond donors (Lipinski definition) is 0. The maximum atomic E-state index is 2.35. The predicted molar refractivity (Wildman–Crippen MR) is 154 cm³/mol. The van der Waals surface area contributed by atoms with Gasteiger partial charge in [-0.05, 0) is 72.8 Å². The highest BCUT2D eigenvalue weighted by atomic mass is 32.1. The van der Waals surface area contributed by atoms with Gasteiger partial charge in [-0.3, -0.25) is 0 Å². The molecule has 158 valence electrons. The van der Waals surface area contributed by atoms with E-state index in [-0.39, 0.29) is 0 Å². The van der Waals surface area contributed by atoms with Gasteiger partial charge in [0.2, 0.25) is 0 Å². The minimum atomic E-state index is 1.40. The van der Waals surface area contributed by atoms with E-state index in [1.54, 1.807) is 0 Å². The summed E-state index contributed by atoms with van der Waals surface area (Å²) in [5.41, 5.74) is 5.84. The summed E-state index contributed by atoms with van der Waals surface area (Å²) in [6, 6.07) is 8.84. The first kappa shape index (κ1) is 19.9. The van der Waals surface area contributed by atoms with Crippen LogP contribution in [0.3, 0.4) is 0 Å². The Labute approximate surface area is 210 Å². The van der Waals surface area contributed by atoms with Crippen LogP contribution in [0.1, 0.15) is 22.3 Å². The van der Waals surface area contributed by atoms with Crippen LogP contribution in [0.15, 0.2) is 35.0 Å². The number of hydrogen-bond acceptors (Lipinski definition) is 6. The minimum Gasteiger partial charge on any atom is -0.143 e. The third kappa shape index (κ3) is 2.51. The lowest BCUT2D eigenvalue weighted by molar-refractivity contribution is 1.59. The SMILES string of the molecule is Cc1c(-c2cccs2)sc2c1sc1c(C)c3c(sc4c(C)c(-c5cccs5)sc43)c(C)c12. The number of thiophene rings is 6. The largest absolute Gasteiger partial charge is 0.143 e. The summed E-state index contributed by atoms with van der Waals surface area (Å²) in [4.78, 5) is 5.69. The summed E-state index contributed by atoms with van der Waals surface area (Å²) in [6.45, 7) is 9.33. The Kier molecular flexibility index (Phi) is 4.34. The van der Waals surface area contributed by atoms with Gasteiger partial charge in [0, 0.05) is 49.1 Å². The first-order valence-corrected chi connectivity index (χ1v) is 15.4. The highest BCUT2D eigenvalue weighted by Crippen LogP contribution is 2.54. The number of rotatable bonds is 2. The van der Waals surface area contributed by atoms with Crippen LogP contribution in [-0.2, 0) is 0 Å². The van der Waals surface area contributed by atoms with Crippen molar-refractivity contribution in [3.8, 4) is 19.5 Å². The van der Waals surface area contributed by atoms with Crippen molar-refractivity contribution in [2.24, 2.45) is 0 Å². The van der Waals surface area contributed by atoms with Crippen LogP contribution in [0.25, 0.3) is 58.5 Å². The molecule has 0 amide bonds. The van der Waals surface area contributed by atoms with E-state index in [1.807, 2.05) is 68.0 Å². The Balaban J connectivity index is 1.58. The number of benzene rings is 1. The summed E-state index contributed by atoms with van der Waals surface area (Å²) in [5.74, 6) is 0. The maximum Gasteiger partial charge on any atom is 0.0542 e. The molecule has 6 heteroatoms. The second-order valence-electron chi connectivity index (χ2n) is 8.25. The molecule has 0 unspecified atom stereocenters. The van der Waals surface area contributed by atoms with Crippen LogP contribution >= 0.6 is 68.0 Å². The molecule has 7 rings (SSSR count). The molecule has 6 heterocycles. The summed E-state index contributed by atoms with van der Waals surface area (Å²) in [5, 5.41) is 7.36. The lowest BCUT2D eigenvalue weighted by Crippen LogP contribution is -1.80. The van der Waals surface area contributed by atoms with E-state index >= 15 is 0 Å². The summed E-state index contributed by atoms with van der Waals surface area (Å²) < 4.78 is 8.91. The predicted octanol–water partition coefficient (Wildman–Crippen LogP) is 11.2. The molecule has 1 aromatic carbocycles. The van der Waals surface area contributed by atoms with E-state index in [0.717, 1.165) is 0 Å². The molecule has 6 aromatic heterocycles. The molecule has 0 N–H and O–H groups in total. The summed E-state index contributed by atoms with van der Waals surface area (Å²) in [6.07, 6.45) is 0. The van der Waals surface area contributed by atoms with Gasteiger partial charge in [0.05, 0.1) is 9.40 Å². The van der Waals surface area contributed by atoms with Gasteiger partial charge in [0.1, 0.15) is 0 Å². The van der Waals surface area contributed by atoms with Gasteiger partial charge in [0.15, 0.2) is 0 Å². The van der Waals surface area contributed by atoms with Crippen molar-refractivity contribution in [3.63, 3.8) is 0 Å².